The molecule has 1 heterocycles. The summed E-state index contributed by atoms with van der Waals surface area (Å²) in [6.45, 7) is 4.41. The van der Waals surface area contributed by atoms with Crippen molar-refractivity contribution in [3.63, 3.8) is 0 Å². The first-order valence-corrected chi connectivity index (χ1v) is 10.4. The average Bonchev–Trinajstić information content (AvgIpc) is 2.97. The number of allylic oxidation sites excluding steroid dienone is 1. The van der Waals surface area contributed by atoms with Crippen LogP contribution < -0.4 is 11.1 Å². The molecule has 146 valence electrons. The highest BCUT2D eigenvalue weighted by Crippen LogP contribution is 2.55. The van der Waals surface area contributed by atoms with Crippen molar-refractivity contribution in [1.82, 2.24) is 4.98 Å². The molecule has 0 radical (unpaired) electrons. The first-order chi connectivity index (χ1) is 13.4. The number of hydrogen-bond acceptors (Lipinski definition) is 4. The second kappa shape index (κ2) is 6.16. The highest BCUT2D eigenvalue weighted by Gasteiger charge is 2.50. The first-order valence-electron chi connectivity index (χ1n) is 10.4. The van der Waals surface area contributed by atoms with Gasteiger partial charge in [-0.25, -0.2) is 0 Å². The summed E-state index contributed by atoms with van der Waals surface area (Å²) in [6.07, 6.45) is 7.16. The Morgan fingerprint density at radius 1 is 1.18 bits per heavy atom. The number of rotatable bonds is 2. The number of nitrogens with zero attached hydrogens (tertiary/aromatic N) is 1. The van der Waals surface area contributed by atoms with Gasteiger partial charge < -0.3 is 16.2 Å². The molecule has 0 saturated heterocycles. The lowest BCUT2D eigenvalue weighted by atomic mass is 9.58. The Morgan fingerprint density at radius 3 is 2.86 bits per heavy atom. The fourth-order valence-electron chi connectivity index (χ4n) is 5.86. The monoisotopic (exact) mass is 375 g/mol. The van der Waals surface area contributed by atoms with E-state index in [2.05, 4.69) is 41.5 Å². The predicted molar refractivity (Wildman–Crippen MR) is 113 cm³/mol. The average molecular weight is 376 g/mol. The molecule has 0 amide bonds. The van der Waals surface area contributed by atoms with E-state index in [-0.39, 0.29) is 17.1 Å². The lowest BCUT2D eigenvalue weighted by molar-refractivity contribution is 0.171. The van der Waals surface area contributed by atoms with Gasteiger partial charge in [0.15, 0.2) is 0 Å². The summed E-state index contributed by atoms with van der Waals surface area (Å²) in [6, 6.07) is 10.8. The third-order valence-electron chi connectivity index (χ3n) is 7.37. The Balaban J connectivity index is 1.52. The zero-order valence-corrected chi connectivity index (χ0v) is 16.8. The number of aromatic nitrogens is 1. The van der Waals surface area contributed by atoms with Gasteiger partial charge in [-0.3, -0.25) is 4.98 Å². The highest BCUT2D eigenvalue weighted by atomic mass is 16.3. The van der Waals surface area contributed by atoms with Crippen molar-refractivity contribution in [1.29, 1.82) is 0 Å². The van der Waals surface area contributed by atoms with E-state index in [0.29, 0.717) is 0 Å². The van der Waals surface area contributed by atoms with Crippen LogP contribution in [0.4, 0.5) is 11.4 Å². The standard InChI is InChI=1S/C24H29N3O/c1-15-22(4-3-11-26-15)27-17-6-8-19-16(12-17)5-7-20-21-13-18(28)14-24(21,25)10-9-23(19,20)2/h3-4,6,8,11-12,18,27-28H,5,7,9-10,13-14,25H2,1-2H3/t18-,23-,24+/m0/s1. The van der Waals surface area contributed by atoms with E-state index in [4.69, 9.17) is 5.73 Å². The maximum atomic E-state index is 10.3. The quantitative estimate of drug-likeness (QED) is 0.685. The predicted octanol–water partition coefficient (Wildman–Crippen LogP) is 4.28. The van der Waals surface area contributed by atoms with Crippen LogP contribution >= 0.6 is 0 Å². The Kier molecular flexibility index (Phi) is 3.94. The topological polar surface area (TPSA) is 71.2 Å². The van der Waals surface area contributed by atoms with Gasteiger partial charge in [0.25, 0.3) is 0 Å². The number of benzene rings is 1. The van der Waals surface area contributed by atoms with Crippen LogP contribution in [0.1, 0.15) is 55.8 Å². The fourth-order valence-corrected chi connectivity index (χ4v) is 5.86. The Labute approximate surface area is 166 Å². The Hall–Kier alpha value is -2.17. The number of nitrogens with two attached hydrogens (primary N) is 1. The number of pyridine rings is 1. The molecular formula is C24H29N3O. The molecule has 1 fully saturated rings. The van der Waals surface area contributed by atoms with Gasteiger partial charge in [0.1, 0.15) is 0 Å². The maximum Gasteiger partial charge on any atom is 0.0607 e. The molecular weight excluding hydrogens is 346 g/mol. The Morgan fingerprint density at radius 2 is 2.04 bits per heavy atom. The third-order valence-corrected chi connectivity index (χ3v) is 7.37. The summed E-state index contributed by atoms with van der Waals surface area (Å²) in [4.78, 5) is 4.37. The van der Waals surface area contributed by atoms with Crippen LogP contribution in [0.3, 0.4) is 0 Å². The normalized spacial score (nSPS) is 31.2. The summed E-state index contributed by atoms with van der Waals surface area (Å²) in [5.74, 6) is 0. The second-order valence-electron chi connectivity index (χ2n) is 9.14. The van der Waals surface area contributed by atoms with Gasteiger partial charge in [0.2, 0.25) is 0 Å². The molecule has 28 heavy (non-hydrogen) atoms. The van der Waals surface area contributed by atoms with Crippen molar-refractivity contribution >= 4 is 11.4 Å². The molecule has 3 aliphatic rings. The van der Waals surface area contributed by atoms with Crippen molar-refractivity contribution < 1.29 is 5.11 Å². The largest absolute Gasteiger partial charge is 0.393 e. The number of fused-ring (bicyclic) bond motifs is 4. The summed E-state index contributed by atoms with van der Waals surface area (Å²) in [7, 11) is 0. The van der Waals surface area contributed by atoms with Gasteiger partial charge in [0.05, 0.1) is 17.5 Å². The van der Waals surface area contributed by atoms with Crippen LogP contribution in [-0.2, 0) is 11.8 Å². The van der Waals surface area contributed by atoms with E-state index in [0.717, 1.165) is 55.6 Å². The van der Waals surface area contributed by atoms with E-state index in [9.17, 15) is 5.11 Å². The van der Waals surface area contributed by atoms with E-state index in [1.54, 1.807) is 0 Å². The van der Waals surface area contributed by atoms with Crippen molar-refractivity contribution in [2.45, 2.75) is 69.4 Å². The molecule has 1 aromatic carbocycles. The molecule has 0 spiro atoms. The lowest BCUT2D eigenvalue weighted by Gasteiger charge is -2.47. The minimum absolute atomic E-state index is 0.0542. The molecule has 1 aromatic heterocycles. The van der Waals surface area contributed by atoms with Gasteiger partial charge in [0, 0.05) is 22.8 Å². The van der Waals surface area contributed by atoms with E-state index in [1.807, 2.05) is 19.2 Å². The third kappa shape index (κ3) is 2.62. The minimum Gasteiger partial charge on any atom is -0.393 e. The molecule has 5 rings (SSSR count). The summed E-state index contributed by atoms with van der Waals surface area (Å²) in [5.41, 5.74) is 15.4. The molecule has 2 aromatic rings. The van der Waals surface area contributed by atoms with E-state index >= 15 is 0 Å². The van der Waals surface area contributed by atoms with Crippen molar-refractivity contribution in [3.8, 4) is 0 Å². The fraction of sp³-hybridized carbons (Fsp3) is 0.458. The van der Waals surface area contributed by atoms with Crippen molar-refractivity contribution in [2.75, 3.05) is 5.32 Å². The summed E-state index contributed by atoms with van der Waals surface area (Å²) < 4.78 is 0. The van der Waals surface area contributed by atoms with Crippen molar-refractivity contribution in [2.24, 2.45) is 5.73 Å². The smallest absolute Gasteiger partial charge is 0.0607 e. The van der Waals surface area contributed by atoms with Crippen LogP contribution in [0.5, 0.6) is 0 Å². The SMILES string of the molecule is Cc1ncccc1Nc1ccc2c(c1)CCC1=C3C[C@H](O)C[C@]3(N)CC[C@]12C. The zero-order valence-electron chi connectivity index (χ0n) is 16.8. The molecule has 1 saturated carbocycles. The van der Waals surface area contributed by atoms with Gasteiger partial charge in [-0.1, -0.05) is 18.6 Å². The summed E-state index contributed by atoms with van der Waals surface area (Å²) >= 11 is 0. The first kappa shape index (κ1) is 17.9. The molecule has 4 nitrogen and oxygen atoms in total. The molecule has 0 unspecified atom stereocenters. The number of aliphatic hydroxyl groups excluding tert-OH is 1. The second-order valence-corrected chi connectivity index (χ2v) is 9.14. The zero-order chi connectivity index (χ0) is 19.5. The van der Waals surface area contributed by atoms with E-state index < -0.39 is 0 Å². The number of aryl methyl sites for hydroxylation is 2. The minimum atomic E-state index is -0.273. The summed E-state index contributed by atoms with van der Waals surface area (Å²) in [5, 5.41) is 13.8. The number of hydrogen-bond donors (Lipinski definition) is 3. The van der Waals surface area contributed by atoms with Crippen LogP contribution in [0.25, 0.3) is 0 Å². The van der Waals surface area contributed by atoms with E-state index in [1.165, 1.54) is 22.3 Å². The highest BCUT2D eigenvalue weighted by molar-refractivity contribution is 5.64. The molecule has 4 N–H and O–H groups in total. The molecule has 0 bridgehead atoms. The molecule has 0 aliphatic heterocycles. The lowest BCUT2D eigenvalue weighted by Crippen LogP contribution is -2.48. The van der Waals surface area contributed by atoms with Crippen molar-refractivity contribution in [3.05, 3.63) is 64.5 Å². The van der Waals surface area contributed by atoms with Crippen LogP contribution in [0.2, 0.25) is 0 Å². The van der Waals surface area contributed by atoms with Crippen LogP contribution in [0, 0.1) is 6.92 Å². The van der Waals surface area contributed by atoms with Gasteiger partial charge in [-0.05, 0) is 86.4 Å². The van der Waals surface area contributed by atoms with Gasteiger partial charge in [-0.2, -0.15) is 0 Å². The van der Waals surface area contributed by atoms with Gasteiger partial charge >= 0.3 is 0 Å². The van der Waals surface area contributed by atoms with Crippen LogP contribution in [0.15, 0.2) is 47.7 Å². The molecule has 3 atom stereocenters. The maximum absolute atomic E-state index is 10.3. The molecule has 4 heteroatoms. The number of nitrogens with one attached hydrogen (secondary N) is 1. The Bertz CT molecular complexity index is 982. The molecule has 3 aliphatic carbocycles. The van der Waals surface area contributed by atoms with Crippen LogP contribution in [-0.4, -0.2) is 21.7 Å². The van der Waals surface area contributed by atoms with Gasteiger partial charge in [-0.15, -0.1) is 0 Å². The number of aliphatic hydroxyl groups is 1. The number of anilines is 2.